The molecule has 0 spiro atoms. The van der Waals surface area contributed by atoms with Crippen molar-refractivity contribution in [1.29, 1.82) is 0 Å². The summed E-state index contributed by atoms with van der Waals surface area (Å²) in [6.45, 7) is 5.58. The van der Waals surface area contributed by atoms with Crippen molar-refractivity contribution in [1.82, 2.24) is 14.8 Å². The molecule has 2 heterocycles. The molecule has 0 saturated carbocycles. The second kappa shape index (κ2) is 10.7. The highest BCUT2D eigenvalue weighted by Crippen LogP contribution is 2.26. The van der Waals surface area contributed by atoms with E-state index in [-0.39, 0.29) is 17.9 Å². The Hall–Kier alpha value is -3.08. The second-order valence-corrected chi connectivity index (χ2v) is 10.0. The molecule has 3 aromatic carbocycles. The summed E-state index contributed by atoms with van der Waals surface area (Å²) < 4.78 is 2.40. The van der Waals surface area contributed by atoms with Crippen LogP contribution in [-0.4, -0.2) is 28.5 Å². The Morgan fingerprint density at radius 1 is 0.943 bits per heavy atom. The molecule has 4 aromatic rings. The smallest absolute Gasteiger partial charge is 0.223 e. The van der Waals surface area contributed by atoms with Crippen molar-refractivity contribution < 1.29 is 4.79 Å². The zero-order chi connectivity index (χ0) is 24.2. The molecular weight excluding hydrogens is 454 g/mol. The Balaban J connectivity index is 1.24. The number of hydrogen-bond acceptors (Lipinski definition) is 2. The van der Waals surface area contributed by atoms with Crippen LogP contribution in [0.1, 0.15) is 42.6 Å². The minimum absolute atomic E-state index is 0.0314. The summed E-state index contributed by atoms with van der Waals surface area (Å²) in [7, 11) is 0. The lowest BCUT2D eigenvalue weighted by molar-refractivity contribution is -0.127. The molecule has 1 fully saturated rings. The van der Waals surface area contributed by atoms with E-state index in [2.05, 4.69) is 70.2 Å². The third kappa shape index (κ3) is 5.61. The minimum Gasteiger partial charge on any atom is -0.349 e. The number of carbonyl (C=O) groups excluding carboxylic acids is 1. The fourth-order valence-electron chi connectivity index (χ4n) is 5.14. The zero-order valence-electron chi connectivity index (χ0n) is 20.2. The van der Waals surface area contributed by atoms with Crippen molar-refractivity contribution in [2.45, 2.75) is 38.9 Å². The van der Waals surface area contributed by atoms with E-state index < -0.39 is 0 Å². The lowest BCUT2D eigenvalue weighted by Crippen LogP contribution is -2.41. The Labute approximate surface area is 212 Å². The predicted molar refractivity (Wildman–Crippen MR) is 143 cm³/mol. The van der Waals surface area contributed by atoms with E-state index in [9.17, 15) is 4.79 Å². The van der Waals surface area contributed by atoms with E-state index in [4.69, 9.17) is 11.6 Å². The summed E-state index contributed by atoms with van der Waals surface area (Å²) in [5.41, 5.74) is 4.88. The average Bonchev–Trinajstić information content (AvgIpc) is 3.21. The number of benzene rings is 3. The van der Waals surface area contributed by atoms with Crippen LogP contribution in [0.4, 0.5) is 0 Å². The maximum atomic E-state index is 12.9. The molecule has 4 nitrogen and oxygen atoms in total. The van der Waals surface area contributed by atoms with Gasteiger partial charge in [0.15, 0.2) is 0 Å². The molecule has 1 unspecified atom stereocenters. The quantitative estimate of drug-likeness (QED) is 0.327. The van der Waals surface area contributed by atoms with Crippen molar-refractivity contribution in [2.24, 2.45) is 5.92 Å². The number of nitrogens with one attached hydrogen (secondary N) is 1. The van der Waals surface area contributed by atoms with Gasteiger partial charge in [0, 0.05) is 35.2 Å². The molecule has 0 aliphatic carbocycles. The first-order valence-electron chi connectivity index (χ1n) is 12.5. The molecule has 1 aliphatic heterocycles. The standard InChI is InChI=1S/C30H32ClN3O/c1-22(24-9-3-2-4-10-24)32-30(35)25-14-16-33(17-15-25)21-28-19-26-11-5-6-13-29(26)34(28)20-23-8-7-12-27(31)18-23/h2-13,18-19,22,25H,14-17,20-21H2,1H3,(H,32,35). The molecule has 1 aliphatic rings. The number of halogens is 1. The number of para-hydroxylation sites is 1. The van der Waals surface area contributed by atoms with Crippen LogP contribution in [0.3, 0.4) is 0 Å². The number of amides is 1. The number of carbonyl (C=O) groups is 1. The zero-order valence-corrected chi connectivity index (χ0v) is 20.9. The van der Waals surface area contributed by atoms with Gasteiger partial charge in [0.1, 0.15) is 0 Å². The van der Waals surface area contributed by atoms with Gasteiger partial charge in [-0.05, 0) is 73.6 Å². The van der Waals surface area contributed by atoms with Crippen LogP contribution in [0.5, 0.6) is 0 Å². The molecule has 1 aromatic heterocycles. The molecule has 0 radical (unpaired) electrons. The van der Waals surface area contributed by atoms with E-state index in [0.29, 0.717) is 0 Å². The maximum absolute atomic E-state index is 12.9. The molecule has 5 heteroatoms. The summed E-state index contributed by atoms with van der Waals surface area (Å²) in [5.74, 6) is 0.255. The monoisotopic (exact) mass is 485 g/mol. The number of rotatable bonds is 7. The molecule has 180 valence electrons. The van der Waals surface area contributed by atoms with Crippen LogP contribution in [0.25, 0.3) is 10.9 Å². The van der Waals surface area contributed by atoms with Crippen LogP contribution in [0.2, 0.25) is 5.02 Å². The van der Waals surface area contributed by atoms with Gasteiger partial charge >= 0.3 is 0 Å². The first-order chi connectivity index (χ1) is 17.1. The van der Waals surface area contributed by atoms with Gasteiger partial charge in [-0.2, -0.15) is 0 Å². The van der Waals surface area contributed by atoms with Crippen LogP contribution in [-0.2, 0) is 17.9 Å². The Kier molecular flexibility index (Phi) is 7.21. The summed E-state index contributed by atoms with van der Waals surface area (Å²) in [6.07, 6.45) is 1.78. The topological polar surface area (TPSA) is 37.3 Å². The molecule has 5 rings (SSSR count). The average molecular weight is 486 g/mol. The lowest BCUT2D eigenvalue weighted by Gasteiger charge is -2.32. The SMILES string of the molecule is CC(NC(=O)C1CCN(Cc2cc3ccccc3n2Cc2cccc(Cl)c2)CC1)c1ccccc1. The highest BCUT2D eigenvalue weighted by atomic mass is 35.5. The molecule has 0 bridgehead atoms. The van der Waals surface area contributed by atoms with Gasteiger partial charge in [-0.1, -0.05) is 72.3 Å². The molecule has 1 amide bonds. The third-order valence-corrected chi connectivity index (χ3v) is 7.36. The highest BCUT2D eigenvalue weighted by Gasteiger charge is 2.26. The number of hydrogen-bond donors (Lipinski definition) is 1. The summed E-state index contributed by atoms with van der Waals surface area (Å²) in [5, 5.41) is 5.24. The third-order valence-electron chi connectivity index (χ3n) is 7.13. The van der Waals surface area contributed by atoms with Gasteiger partial charge in [0.25, 0.3) is 0 Å². The number of likely N-dealkylation sites (tertiary alicyclic amines) is 1. The number of aromatic nitrogens is 1. The van der Waals surface area contributed by atoms with E-state index in [0.717, 1.165) is 49.6 Å². The fraction of sp³-hybridized carbons (Fsp3) is 0.300. The molecule has 1 N–H and O–H groups in total. The van der Waals surface area contributed by atoms with Gasteiger partial charge in [0.05, 0.1) is 6.04 Å². The Morgan fingerprint density at radius 3 is 2.46 bits per heavy atom. The van der Waals surface area contributed by atoms with Gasteiger partial charge in [0.2, 0.25) is 5.91 Å². The first-order valence-corrected chi connectivity index (χ1v) is 12.8. The number of piperidine rings is 1. The number of fused-ring (bicyclic) bond motifs is 1. The van der Waals surface area contributed by atoms with E-state index in [1.54, 1.807) is 0 Å². The minimum atomic E-state index is 0.0314. The number of nitrogens with zero attached hydrogens (tertiary/aromatic N) is 2. The van der Waals surface area contributed by atoms with Gasteiger partial charge in [-0.25, -0.2) is 0 Å². The van der Waals surface area contributed by atoms with Crippen molar-refractivity contribution in [3.63, 3.8) is 0 Å². The first kappa shape index (κ1) is 23.7. The molecule has 1 saturated heterocycles. The second-order valence-electron chi connectivity index (χ2n) is 9.60. The van der Waals surface area contributed by atoms with Crippen LogP contribution in [0, 0.1) is 5.92 Å². The van der Waals surface area contributed by atoms with Gasteiger partial charge in [-0.15, -0.1) is 0 Å². The molecular formula is C30H32ClN3O. The van der Waals surface area contributed by atoms with Gasteiger partial charge in [-0.3, -0.25) is 9.69 Å². The van der Waals surface area contributed by atoms with E-state index in [1.165, 1.54) is 22.2 Å². The molecule has 1 atom stereocenters. The highest BCUT2D eigenvalue weighted by molar-refractivity contribution is 6.30. The fourth-order valence-corrected chi connectivity index (χ4v) is 5.35. The van der Waals surface area contributed by atoms with E-state index in [1.807, 2.05) is 36.4 Å². The van der Waals surface area contributed by atoms with Crippen molar-refractivity contribution >= 4 is 28.4 Å². The van der Waals surface area contributed by atoms with Crippen LogP contribution >= 0.6 is 11.6 Å². The Bertz CT molecular complexity index is 1290. The summed E-state index contributed by atoms with van der Waals surface area (Å²) in [6, 6.07) is 29.2. The largest absolute Gasteiger partial charge is 0.349 e. The van der Waals surface area contributed by atoms with Crippen molar-refractivity contribution in [2.75, 3.05) is 13.1 Å². The summed E-state index contributed by atoms with van der Waals surface area (Å²) >= 11 is 6.25. The Morgan fingerprint density at radius 2 is 1.69 bits per heavy atom. The van der Waals surface area contributed by atoms with Crippen molar-refractivity contribution in [3.05, 3.63) is 107 Å². The maximum Gasteiger partial charge on any atom is 0.223 e. The van der Waals surface area contributed by atoms with Crippen LogP contribution in [0.15, 0.2) is 84.9 Å². The summed E-state index contributed by atoms with van der Waals surface area (Å²) in [4.78, 5) is 15.4. The van der Waals surface area contributed by atoms with Gasteiger partial charge < -0.3 is 9.88 Å². The van der Waals surface area contributed by atoms with E-state index >= 15 is 0 Å². The lowest BCUT2D eigenvalue weighted by atomic mass is 9.95. The van der Waals surface area contributed by atoms with Crippen molar-refractivity contribution in [3.8, 4) is 0 Å². The normalized spacial score (nSPS) is 15.8. The van der Waals surface area contributed by atoms with Crippen LogP contribution < -0.4 is 5.32 Å². The predicted octanol–water partition coefficient (Wildman–Crippen LogP) is 6.43. The molecule has 35 heavy (non-hydrogen) atoms.